The summed E-state index contributed by atoms with van der Waals surface area (Å²) in [6.45, 7) is 3.76. The third kappa shape index (κ3) is 8.39. The van der Waals surface area contributed by atoms with Crippen LogP contribution in [-0.4, -0.2) is 89.6 Å². The standard InChI is InChI=1S/C35H44F3N5O8S/c1-2-23-16-34(23,32(47)41-52(49,50)25-13-14-25)40-30(45)28-15-24-19-43(28)31(46)27(17-35(36,37)38)39-29(44)12-7-5-3-4-6-9-21-10-8-11-22-18-42(20-26(21)22)33(48)51-24/h2,8,10-11,23-25,27-28H,1,3-7,9,12-20H2,(H,39,44)(H,40,45)(H,41,47)/t23-,24-,27+,28+,34-/m1/s1. The van der Waals surface area contributed by atoms with Crippen molar-refractivity contribution < 1.29 is 50.3 Å². The highest BCUT2D eigenvalue weighted by Crippen LogP contribution is 2.45. The quantitative estimate of drug-likeness (QED) is 0.357. The molecule has 2 aliphatic carbocycles. The van der Waals surface area contributed by atoms with Crippen LogP contribution in [0.25, 0.3) is 0 Å². The molecule has 5 amide bonds. The Hall–Kier alpha value is -4.15. The van der Waals surface area contributed by atoms with E-state index in [-0.39, 0.29) is 32.4 Å². The zero-order chi connectivity index (χ0) is 37.4. The van der Waals surface area contributed by atoms with Crippen molar-refractivity contribution in [2.24, 2.45) is 5.92 Å². The van der Waals surface area contributed by atoms with Gasteiger partial charge in [-0.3, -0.25) is 28.8 Å². The van der Waals surface area contributed by atoms with Crippen LogP contribution in [-0.2, 0) is 53.4 Å². The van der Waals surface area contributed by atoms with Crippen molar-refractivity contribution in [3.05, 3.63) is 47.5 Å². The van der Waals surface area contributed by atoms with Crippen LogP contribution in [0.3, 0.4) is 0 Å². The summed E-state index contributed by atoms with van der Waals surface area (Å²) in [7, 11) is -4.00. The van der Waals surface area contributed by atoms with Gasteiger partial charge >= 0.3 is 12.3 Å². The zero-order valence-corrected chi connectivity index (χ0v) is 29.5. The lowest BCUT2D eigenvalue weighted by Crippen LogP contribution is -2.58. The van der Waals surface area contributed by atoms with Crippen LogP contribution in [0.1, 0.15) is 87.3 Å². The Morgan fingerprint density at radius 2 is 1.73 bits per heavy atom. The van der Waals surface area contributed by atoms with Gasteiger partial charge in [0.15, 0.2) is 0 Å². The average molecular weight is 752 g/mol. The van der Waals surface area contributed by atoms with Crippen molar-refractivity contribution in [1.82, 2.24) is 25.2 Å². The molecule has 0 aromatic heterocycles. The molecule has 2 saturated carbocycles. The fourth-order valence-electron chi connectivity index (χ4n) is 7.50. The average Bonchev–Trinajstić information content (AvgIpc) is 3.96. The van der Waals surface area contributed by atoms with Crippen LogP contribution < -0.4 is 15.4 Å². The number of nitrogens with one attached hydrogen (secondary N) is 3. The van der Waals surface area contributed by atoms with Gasteiger partial charge in [-0.1, -0.05) is 43.5 Å². The predicted octanol–water partition coefficient (Wildman–Crippen LogP) is 3.11. The summed E-state index contributed by atoms with van der Waals surface area (Å²) in [5.74, 6) is -4.56. The molecule has 3 aliphatic heterocycles. The van der Waals surface area contributed by atoms with E-state index in [1.807, 2.05) is 22.9 Å². The van der Waals surface area contributed by atoms with Crippen molar-refractivity contribution in [2.75, 3.05) is 6.54 Å². The number of hydrogen-bond acceptors (Lipinski definition) is 8. The molecular weight excluding hydrogens is 707 g/mol. The van der Waals surface area contributed by atoms with Gasteiger partial charge in [0.05, 0.1) is 18.2 Å². The number of halogens is 3. The van der Waals surface area contributed by atoms with Gasteiger partial charge < -0.3 is 20.3 Å². The Labute approximate surface area is 300 Å². The van der Waals surface area contributed by atoms with Gasteiger partial charge in [-0.2, -0.15) is 13.2 Å². The van der Waals surface area contributed by atoms with E-state index in [4.69, 9.17) is 4.74 Å². The Balaban J connectivity index is 1.26. The molecule has 284 valence electrons. The number of hydrogen-bond donors (Lipinski definition) is 3. The first kappa shape index (κ1) is 37.6. The predicted molar refractivity (Wildman–Crippen MR) is 179 cm³/mol. The monoisotopic (exact) mass is 751 g/mol. The second-order valence-corrected chi connectivity index (χ2v) is 16.5. The molecule has 1 aromatic rings. The molecule has 52 heavy (non-hydrogen) atoms. The molecule has 17 heteroatoms. The SMILES string of the molecule is C=C[C@@H]1C[C@]1(NC(=O)[C@@H]1C[C@@H]2CN1C(=O)[C@H](CC(F)(F)F)NC(=O)CCCCCCCc1cccc3c1CN(C3)C(=O)O2)C(=O)NS(=O)(=O)C1CC1. The van der Waals surface area contributed by atoms with Crippen LogP contribution in [0.2, 0.25) is 0 Å². The topological polar surface area (TPSA) is 171 Å². The number of benzene rings is 1. The van der Waals surface area contributed by atoms with E-state index in [9.17, 15) is 45.6 Å². The smallest absolute Gasteiger partial charge is 0.410 e. The summed E-state index contributed by atoms with van der Waals surface area (Å²) in [6.07, 6.45) is -2.29. The van der Waals surface area contributed by atoms with Gasteiger partial charge in [-0.25, -0.2) is 13.2 Å². The van der Waals surface area contributed by atoms with Crippen molar-refractivity contribution in [1.29, 1.82) is 0 Å². The van der Waals surface area contributed by atoms with E-state index in [0.717, 1.165) is 47.3 Å². The lowest BCUT2D eigenvalue weighted by atomic mass is 9.98. The highest BCUT2D eigenvalue weighted by molar-refractivity contribution is 7.91. The third-order valence-electron chi connectivity index (χ3n) is 10.6. The second kappa shape index (κ2) is 14.7. The minimum Gasteiger partial charge on any atom is -0.444 e. The van der Waals surface area contributed by atoms with Crippen LogP contribution in [0.15, 0.2) is 30.9 Å². The molecule has 4 bridgehead atoms. The molecule has 0 unspecified atom stereocenters. The molecule has 3 heterocycles. The first-order chi connectivity index (χ1) is 24.6. The molecule has 6 rings (SSSR count). The zero-order valence-electron chi connectivity index (χ0n) is 28.7. The number of sulfonamides is 1. The number of alkyl halides is 3. The summed E-state index contributed by atoms with van der Waals surface area (Å²) in [5, 5.41) is 4.05. The highest BCUT2D eigenvalue weighted by Gasteiger charge is 2.62. The maximum absolute atomic E-state index is 14.0. The largest absolute Gasteiger partial charge is 0.444 e. The highest BCUT2D eigenvalue weighted by atomic mass is 32.2. The molecule has 0 radical (unpaired) electrons. The fraction of sp³-hybridized carbons (Fsp3) is 0.629. The van der Waals surface area contributed by atoms with Crippen LogP contribution in [0.4, 0.5) is 18.0 Å². The molecule has 13 nitrogen and oxygen atoms in total. The summed E-state index contributed by atoms with van der Waals surface area (Å²) in [5.41, 5.74) is 1.38. The van der Waals surface area contributed by atoms with Gasteiger partial charge in [-0.15, -0.1) is 6.58 Å². The van der Waals surface area contributed by atoms with Crippen molar-refractivity contribution in [3.8, 4) is 0 Å². The minimum atomic E-state index is -4.87. The number of carbonyl (C=O) groups excluding carboxylic acids is 5. The van der Waals surface area contributed by atoms with E-state index in [1.54, 1.807) is 0 Å². The maximum atomic E-state index is 14.0. The van der Waals surface area contributed by atoms with E-state index in [0.29, 0.717) is 25.7 Å². The Kier molecular flexibility index (Phi) is 10.6. The van der Waals surface area contributed by atoms with Crippen molar-refractivity contribution in [3.63, 3.8) is 0 Å². The summed E-state index contributed by atoms with van der Waals surface area (Å²) < 4.78 is 74.4. The molecule has 0 spiro atoms. The number of ether oxygens (including phenoxy) is 1. The molecule has 3 N–H and O–H groups in total. The number of rotatable bonds is 7. The number of aryl methyl sites for hydroxylation is 1. The summed E-state index contributed by atoms with van der Waals surface area (Å²) in [4.78, 5) is 69.9. The Bertz CT molecular complexity index is 1730. The number of carbonyl (C=O) groups is 5. The molecular formula is C35H44F3N5O8S. The molecule has 5 atom stereocenters. The van der Waals surface area contributed by atoms with Crippen molar-refractivity contribution >= 4 is 39.7 Å². The number of fused-ring (bicyclic) bond motifs is 3. The number of nitrogens with zero attached hydrogens (tertiary/aromatic N) is 2. The second-order valence-electron chi connectivity index (χ2n) is 14.5. The summed E-state index contributed by atoms with van der Waals surface area (Å²) >= 11 is 0. The minimum absolute atomic E-state index is 0.00238. The van der Waals surface area contributed by atoms with Crippen molar-refractivity contribution in [2.45, 2.75) is 125 Å². The van der Waals surface area contributed by atoms with E-state index in [1.165, 1.54) is 11.0 Å². The van der Waals surface area contributed by atoms with E-state index in [2.05, 4.69) is 17.2 Å². The van der Waals surface area contributed by atoms with Gasteiger partial charge in [0.1, 0.15) is 23.7 Å². The van der Waals surface area contributed by atoms with Crippen LogP contribution in [0.5, 0.6) is 0 Å². The van der Waals surface area contributed by atoms with Crippen LogP contribution in [0, 0.1) is 5.92 Å². The summed E-state index contributed by atoms with van der Waals surface area (Å²) in [6, 6.07) is 2.29. The van der Waals surface area contributed by atoms with Gasteiger partial charge in [0.25, 0.3) is 5.91 Å². The van der Waals surface area contributed by atoms with Gasteiger partial charge in [0.2, 0.25) is 27.7 Å². The first-order valence-corrected chi connectivity index (χ1v) is 19.4. The first-order valence-electron chi connectivity index (χ1n) is 17.8. The van der Waals surface area contributed by atoms with E-state index < -0.39 is 93.8 Å². The van der Waals surface area contributed by atoms with E-state index >= 15 is 0 Å². The van der Waals surface area contributed by atoms with Crippen LogP contribution >= 0.6 is 0 Å². The molecule has 5 aliphatic rings. The number of amides is 5. The maximum Gasteiger partial charge on any atom is 0.410 e. The lowest BCUT2D eigenvalue weighted by Gasteiger charge is -2.30. The Morgan fingerprint density at radius 3 is 2.40 bits per heavy atom. The lowest BCUT2D eigenvalue weighted by molar-refractivity contribution is -0.157. The molecule has 1 saturated heterocycles. The molecule has 3 fully saturated rings. The normalized spacial score (nSPS) is 28.8. The van der Waals surface area contributed by atoms with Gasteiger partial charge in [-0.05, 0) is 55.2 Å². The third-order valence-corrected chi connectivity index (χ3v) is 12.4. The Morgan fingerprint density at radius 1 is 1.04 bits per heavy atom. The van der Waals surface area contributed by atoms with Gasteiger partial charge in [0, 0.05) is 31.8 Å². The molecule has 1 aromatic carbocycles. The fourth-order valence-corrected chi connectivity index (χ4v) is 8.86.